The number of rotatable bonds is 5. The van der Waals surface area contributed by atoms with Crippen LogP contribution in [0.15, 0.2) is 15.9 Å². The molecule has 0 aliphatic heterocycles. The molecule has 0 saturated carbocycles. The number of carbonyl (C=O) groups is 1. The van der Waals surface area contributed by atoms with Crippen molar-refractivity contribution in [3.8, 4) is 0 Å². The third kappa shape index (κ3) is 3.88. The summed E-state index contributed by atoms with van der Waals surface area (Å²) in [5, 5.41) is 2.90. The van der Waals surface area contributed by atoms with Crippen LogP contribution in [0.2, 0.25) is 0 Å². The Hall–Kier alpha value is -0.390. The van der Waals surface area contributed by atoms with Gasteiger partial charge in [0.15, 0.2) is 0 Å². The second-order valence-corrected chi connectivity index (χ2v) is 6.77. The predicted molar refractivity (Wildman–Crippen MR) is 71.7 cm³/mol. The van der Waals surface area contributed by atoms with E-state index in [9.17, 15) is 4.79 Å². The summed E-state index contributed by atoms with van der Waals surface area (Å²) < 4.78 is 1.11. The van der Waals surface area contributed by atoms with Crippen LogP contribution < -0.4 is 11.1 Å². The van der Waals surface area contributed by atoms with Crippen molar-refractivity contribution in [2.75, 3.05) is 13.1 Å². The molecule has 0 saturated heterocycles. The molecule has 1 heterocycles. The Morgan fingerprint density at radius 2 is 2.25 bits per heavy atom. The summed E-state index contributed by atoms with van der Waals surface area (Å²) in [4.78, 5) is 12.6. The second kappa shape index (κ2) is 5.80. The van der Waals surface area contributed by atoms with Gasteiger partial charge in [-0.05, 0) is 28.1 Å². The third-order valence-electron chi connectivity index (χ3n) is 2.34. The third-order valence-corrected chi connectivity index (χ3v) is 4.33. The van der Waals surface area contributed by atoms with Gasteiger partial charge in [0, 0.05) is 29.8 Å². The quantitative estimate of drug-likeness (QED) is 0.876. The first-order valence-corrected chi connectivity index (χ1v) is 6.79. The molecule has 0 radical (unpaired) electrons. The molecule has 5 heteroatoms. The summed E-state index contributed by atoms with van der Waals surface area (Å²) in [6.45, 7) is 5.28. The molecular weight excluding hydrogens is 288 g/mol. The molecule has 1 aromatic rings. The Kier molecular flexibility index (Phi) is 4.95. The van der Waals surface area contributed by atoms with Gasteiger partial charge in [-0.2, -0.15) is 0 Å². The van der Waals surface area contributed by atoms with Gasteiger partial charge >= 0.3 is 0 Å². The Morgan fingerprint density at radius 3 is 2.75 bits per heavy atom. The van der Waals surface area contributed by atoms with Gasteiger partial charge in [-0.15, -0.1) is 11.3 Å². The van der Waals surface area contributed by atoms with Gasteiger partial charge in [-0.25, -0.2) is 0 Å². The molecule has 1 amide bonds. The van der Waals surface area contributed by atoms with Gasteiger partial charge in [-0.1, -0.05) is 13.8 Å². The topological polar surface area (TPSA) is 55.1 Å². The van der Waals surface area contributed by atoms with Crippen LogP contribution in [-0.4, -0.2) is 19.0 Å². The number of carbonyl (C=O) groups excluding carboxylic acids is 1. The molecule has 0 aliphatic carbocycles. The van der Waals surface area contributed by atoms with E-state index in [1.807, 2.05) is 6.07 Å². The van der Waals surface area contributed by atoms with Gasteiger partial charge < -0.3 is 11.1 Å². The Bertz CT molecular complexity index is 363. The average Bonchev–Trinajstić information content (AvgIpc) is 2.63. The van der Waals surface area contributed by atoms with Crippen molar-refractivity contribution in [2.45, 2.75) is 25.7 Å². The van der Waals surface area contributed by atoms with Crippen molar-refractivity contribution in [1.82, 2.24) is 5.32 Å². The second-order valence-electron chi connectivity index (χ2n) is 4.30. The number of thiophene rings is 1. The zero-order valence-electron chi connectivity index (χ0n) is 9.55. The maximum Gasteiger partial charge on any atom is 0.221 e. The fourth-order valence-electron chi connectivity index (χ4n) is 1.30. The van der Waals surface area contributed by atoms with Crippen molar-refractivity contribution < 1.29 is 4.79 Å². The zero-order valence-corrected chi connectivity index (χ0v) is 12.0. The fourth-order valence-corrected chi connectivity index (χ4v) is 2.79. The summed E-state index contributed by atoms with van der Waals surface area (Å²) in [7, 11) is 0. The standard InChI is InChI=1S/C11H17BrN2OS/c1-11(2,7-14-10(15)5-6-13)8-3-4-9(12)16-8/h3-4H,5-7,13H2,1-2H3,(H,14,15). The van der Waals surface area contributed by atoms with Crippen LogP contribution in [0.25, 0.3) is 0 Å². The number of nitrogens with one attached hydrogen (secondary N) is 1. The molecule has 0 atom stereocenters. The molecule has 0 bridgehead atoms. The molecule has 0 aliphatic rings. The minimum atomic E-state index is -0.0407. The SMILES string of the molecule is CC(C)(CNC(=O)CCN)c1ccc(Br)s1. The van der Waals surface area contributed by atoms with Crippen molar-refractivity contribution >= 4 is 33.2 Å². The maximum atomic E-state index is 11.3. The van der Waals surface area contributed by atoms with Crippen molar-refractivity contribution in [1.29, 1.82) is 0 Å². The largest absolute Gasteiger partial charge is 0.355 e. The molecule has 3 N–H and O–H groups in total. The molecular formula is C11H17BrN2OS. The van der Waals surface area contributed by atoms with E-state index in [0.717, 1.165) is 3.79 Å². The molecule has 1 rings (SSSR count). The molecule has 0 fully saturated rings. The van der Waals surface area contributed by atoms with E-state index in [1.54, 1.807) is 11.3 Å². The number of amides is 1. The smallest absolute Gasteiger partial charge is 0.221 e. The summed E-state index contributed by atoms with van der Waals surface area (Å²) in [5.74, 6) is 0.0196. The van der Waals surface area contributed by atoms with E-state index in [2.05, 4.69) is 41.2 Å². The van der Waals surface area contributed by atoms with E-state index in [0.29, 0.717) is 19.5 Å². The Morgan fingerprint density at radius 1 is 1.56 bits per heavy atom. The van der Waals surface area contributed by atoms with Crippen molar-refractivity contribution in [3.05, 3.63) is 20.8 Å². The first-order chi connectivity index (χ1) is 7.45. The number of hydrogen-bond donors (Lipinski definition) is 2. The van der Waals surface area contributed by atoms with Gasteiger partial charge in [0.05, 0.1) is 3.79 Å². The molecule has 16 heavy (non-hydrogen) atoms. The summed E-state index contributed by atoms with van der Waals surface area (Å²) in [6.07, 6.45) is 0.393. The number of nitrogens with two attached hydrogens (primary N) is 1. The van der Waals surface area contributed by atoms with Gasteiger partial charge in [0.25, 0.3) is 0 Å². The molecule has 0 unspecified atom stereocenters. The van der Waals surface area contributed by atoms with Crippen LogP contribution in [0.4, 0.5) is 0 Å². The molecule has 90 valence electrons. The predicted octanol–water partition coefficient (Wildman–Crippen LogP) is 2.25. The lowest BCUT2D eigenvalue weighted by Gasteiger charge is -2.23. The summed E-state index contributed by atoms with van der Waals surface area (Å²) in [5.41, 5.74) is 5.28. The number of hydrogen-bond acceptors (Lipinski definition) is 3. The van der Waals surface area contributed by atoms with Gasteiger partial charge in [0.1, 0.15) is 0 Å². The minimum absolute atomic E-state index is 0.0196. The molecule has 1 aromatic heterocycles. The highest BCUT2D eigenvalue weighted by Gasteiger charge is 2.22. The first-order valence-electron chi connectivity index (χ1n) is 5.18. The molecule has 0 spiro atoms. The van der Waals surface area contributed by atoms with Crippen molar-refractivity contribution in [2.24, 2.45) is 5.73 Å². The zero-order chi connectivity index (χ0) is 12.2. The minimum Gasteiger partial charge on any atom is -0.355 e. The van der Waals surface area contributed by atoms with Crippen LogP contribution in [0, 0.1) is 0 Å². The fraction of sp³-hybridized carbons (Fsp3) is 0.545. The van der Waals surface area contributed by atoms with E-state index >= 15 is 0 Å². The monoisotopic (exact) mass is 304 g/mol. The van der Waals surface area contributed by atoms with Crippen LogP contribution in [0.1, 0.15) is 25.1 Å². The van der Waals surface area contributed by atoms with Crippen LogP contribution in [-0.2, 0) is 10.2 Å². The van der Waals surface area contributed by atoms with E-state index in [1.165, 1.54) is 4.88 Å². The van der Waals surface area contributed by atoms with E-state index in [-0.39, 0.29) is 11.3 Å². The average molecular weight is 305 g/mol. The lowest BCUT2D eigenvalue weighted by atomic mass is 9.91. The van der Waals surface area contributed by atoms with Crippen LogP contribution in [0.5, 0.6) is 0 Å². The highest BCUT2D eigenvalue weighted by molar-refractivity contribution is 9.11. The summed E-state index contributed by atoms with van der Waals surface area (Å²) in [6, 6.07) is 4.12. The van der Waals surface area contributed by atoms with E-state index < -0.39 is 0 Å². The Balaban J connectivity index is 2.55. The Labute approximate surface area is 109 Å². The highest BCUT2D eigenvalue weighted by Crippen LogP contribution is 2.32. The lowest BCUT2D eigenvalue weighted by molar-refractivity contribution is -0.121. The highest BCUT2D eigenvalue weighted by atomic mass is 79.9. The first kappa shape index (κ1) is 13.7. The van der Waals surface area contributed by atoms with Crippen LogP contribution in [0.3, 0.4) is 0 Å². The number of halogens is 1. The van der Waals surface area contributed by atoms with E-state index in [4.69, 9.17) is 5.73 Å². The molecule has 3 nitrogen and oxygen atoms in total. The van der Waals surface area contributed by atoms with Crippen molar-refractivity contribution in [3.63, 3.8) is 0 Å². The van der Waals surface area contributed by atoms with Crippen LogP contribution >= 0.6 is 27.3 Å². The molecule has 0 aromatic carbocycles. The maximum absolute atomic E-state index is 11.3. The summed E-state index contributed by atoms with van der Waals surface area (Å²) >= 11 is 5.14. The normalized spacial score (nSPS) is 11.5. The lowest BCUT2D eigenvalue weighted by Crippen LogP contribution is -2.36. The van der Waals surface area contributed by atoms with Gasteiger partial charge in [0.2, 0.25) is 5.91 Å². The van der Waals surface area contributed by atoms with Gasteiger partial charge in [-0.3, -0.25) is 4.79 Å².